The molecule has 0 aliphatic carbocycles. The van der Waals surface area contributed by atoms with E-state index in [-0.39, 0.29) is 28.5 Å². The van der Waals surface area contributed by atoms with Crippen LogP contribution in [0.3, 0.4) is 0 Å². The smallest absolute Gasteiger partial charge is 0.341 e. The van der Waals surface area contributed by atoms with E-state index in [1.165, 1.54) is 37.4 Å². The Labute approximate surface area is 190 Å². The van der Waals surface area contributed by atoms with Crippen LogP contribution < -0.4 is 14.2 Å². The third-order valence-corrected chi connectivity index (χ3v) is 5.57. The van der Waals surface area contributed by atoms with Gasteiger partial charge in [0.25, 0.3) is 0 Å². The van der Waals surface area contributed by atoms with Crippen LogP contribution in [-0.4, -0.2) is 29.0 Å². The summed E-state index contributed by atoms with van der Waals surface area (Å²) < 4.78 is 53.3. The zero-order valence-corrected chi connectivity index (χ0v) is 18.1. The van der Waals surface area contributed by atoms with Crippen molar-refractivity contribution in [3.05, 3.63) is 77.4 Å². The van der Waals surface area contributed by atoms with Gasteiger partial charge < -0.3 is 14.6 Å². The number of nitrogens with one attached hydrogen (secondary N) is 1. The van der Waals surface area contributed by atoms with Crippen molar-refractivity contribution in [3.63, 3.8) is 0 Å². The fraction of sp³-hybridized carbons (Fsp3) is 0.130. The lowest BCUT2D eigenvalue weighted by Gasteiger charge is -2.13. The number of carboxylic acids is 1. The number of methoxy groups -OCH3 is 1. The van der Waals surface area contributed by atoms with Gasteiger partial charge in [0.15, 0.2) is 18.2 Å². The summed E-state index contributed by atoms with van der Waals surface area (Å²) in [7, 11) is -0.411. The fourth-order valence-corrected chi connectivity index (χ4v) is 3.85. The maximum atomic E-state index is 14.0. The zero-order chi connectivity index (χ0) is 24.0. The molecule has 0 bridgehead atoms. The summed E-state index contributed by atoms with van der Waals surface area (Å²) in [4.78, 5) is 11.1. The van der Waals surface area contributed by atoms with Gasteiger partial charge in [-0.3, -0.25) is 0 Å². The molecule has 10 heteroatoms. The van der Waals surface area contributed by atoms with Gasteiger partial charge >= 0.3 is 5.97 Å². The Hall–Kier alpha value is -3.81. The van der Waals surface area contributed by atoms with Crippen LogP contribution >= 0.6 is 0 Å². The Bertz CT molecular complexity index is 1260. The molecule has 0 fully saturated rings. The van der Waals surface area contributed by atoms with E-state index >= 15 is 0 Å². The molecule has 0 aliphatic heterocycles. The molecule has 1 unspecified atom stereocenters. The molecule has 3 rings (SSSR count). The predicted molar refractivity (Wildman–Crippen MR) is 116 cm³/mol. The van der Waals surface area contributed by atoms with Crippen molar-refractivity contribution < 1.29 is 32.4 Å². The van der Waals surface area contributed by atoms with E-state index in [1.54, 1.807) is 12.1 Å². The van der Waals surface area contributed by atoms with Crippen molar-refractivity contribution in [3.8, 4) is 28.7 Å². The summed E-state index contributed by atoms with van der Waals surface area (Å²) in [5.41, 5.74) is 1.36. The third kappa shape index (κ3) is 6.12. The Morgan fingerprint density at radius 2 is 1.88 bits per heavy atom. The minimum atomic E-state index is -1.74. The van der Waals surface area contributed by atoms with E-state index in [9.17, 15) is 17.8 Å². The quantitative estimate of drug-likeness (QED) is 0.491. The summed E-state index contributed by atoms with van der Waals surface area (Å²) in [5.74, 6) is -2.27. The lowest BCUT2D eigenvalue weighted by Crippen LogP contribution is -2.17. The maximum absolute atomic E-state index is 14.0. The molecule has 1 atom stereocenters. The Balaban J connectivity index is 1.87. The Kier molecular flexibility index (Phi) is 7.71. The lowest BCUT2D eigenvalue weighted by atomic mass is 10.00. The van der Waals surface area contributed by atoms with E-state index in [4.69, 9.17) is 19.8 Å². The first-order chi connectivity index (χ1) is 15.8. The number of nitriles is 1. The topological polar surface area (TPSA) is 109 Å². The van der Waals surface area contributed by atoms with Gasteiger partial charge in [-0.15, -0.1) is 0 Å². The minimum absolute atomic E-state index is 0.0316. The van der Waals surface area contributed by atoms with Crippen molar-refractivity contribution in [1.29, 1.82) is 5.26 Å². The zero-order valence-electron chi connectivity index (χ0n) is 17.3. The molecule has 0 spiro atoms. The van der Waals surface area contributed by atoms with Gasteiger partial charge in [-0.25, -0.2) is 22.5 Å². The summed E-state index contributed by atoms with van der Waals surface area (Å²) in [6.45, 7) is -0.523. The van der Waals surface area contributed by atoms with E-state index in [1.807, 2.05) is 6.07 Å². The Morgan fingerprint density at radius 1 is 1.12 bits per heavy atom. The van der Waals surface area contributed by atoms with Gasteiger partial charge in [-0.1, -0.05) is 6.07 Å². The van der Waals surface area contributed by atoms with E-state index in [2.05, 4.69) is 4.72 Å². The molecule has 0 radical (unpaired) electrons. The molecule has 3 aromatic carbocycles. The van der Waals surface area contributed by atoms with Gasteiger partial charge in [-0.05, 0) is 59.7 Å². The maximum Gasteiger partial charge on any atom is 0.341 e. The number of hydrogen-bond donors (Lipinski definition) is 2. The molecule has 0 saturated heterocycles. The highest BCUT2D eigenvalue weighted by molar-refractivity contribution is 7.83. The highest BCUT2D eigenvalue weighted by Crippen LogP contribution is 2.32. The molecule has 33 heavy (non-hydrogen) atoms. The standard InChI is InChI=1S/C23H18F2N2O5S/c1-31-22-5-3-18(10-20(22)25)33(30)27-12-14-2-4-21(32-13-23(28)29)19(8-14)16-6-15(11-26)7-17(24)9-16/h2-10,27H,12-13H2,1H3,(H,28,29). The highest BCUT2D eigenvalue weighted by atomic mass is 32.2. The fourth-order valence-electron chi connectivity index (χ4n) is 2.98. The minimum Gasteiger partial charge on any atom is -0.494 e. The van der Waals surface area contributed by atoms with Crippen molar-refractivity contribution in [2.24, 2.45) is 0 Å². The molecule has 0 aromatic heterocycles. The molecule has 3 aromatic rings. The van der Waals surface area contributed by atoms with Gasteiger partial charge in [0.2, 0.25) is 0 Å². The largest absolute Gasteiger partial charge is 0.494 e. The number of rotatable bonds is 9. The average molecular weight is 472 g/mol. The molecular formula is C23H18F2N2O5S. The summed E-state index contributed by atoms with van der Waals surface area (Å²) in [6.07, 6.45) is 0. The first kappa shape index (κ1) is 23.8. The van der Waals surface area contributed by atoms with Crippen LogP contribution in [0.5, 0.6) is 11.5 Å². The summed E-state index contributed by atoms with van der Waals surface area (Å²) in [5, 5.41) is 18.1. The average Bonchev–Trinajstić information content (AvgIpc) is 2.80. The lowest BCUT2D eigenvalue weighted by molar-refractivity contribution is -0.139. The van der Waals surface area contributed by atoms with E-state index in [0.717, 1.165) is 12.1 Å². The second-order valence-electron chi connectivity index (χ2n) is 6.74. The number of nitrogens with zero attached hydrogens (tertiary/aromatic N) is 1. The van der Waals surface area contributed by atoms with Crippen molar-refractivity contribution >= 4 is 17.0 Å². The second-order valence-corrected chi connectivity index (χ2v) is 8.04. The van der Waals surface area contributed by atoms with Crippen LogP contribution in [0.25, 0.3) is 11.1 Å². The van der Waals surface area contributed by atoms with Crippen molar-refractivity contribution in [1.82, 2.24) is 4.72 Å². The number of carbonyl (C=O) groups is 1. The van der Waals surface area contributed by atoms with E-state index < -0.39 is 35.2 Å². The number of hydrogen-bond acceptors (Lipinski definition) is 5. The first-order valence-electron chi connectivity index (χ1n) is 9.48. The molecule has 170 valence electrons. The monoisotopic (exact) mass is 472 g/mol. The van der Waals surface area contributed by atoms with Gasteiger partial charge in [-0.2, -0.15) is 5.26 Å². The summed E-state index contributed by atoms with van der Waals surface area (Å²) in [6, 6.07) is 14.2. The van der Waals surface area contributed by atoms with Gasteiger partial charge in [0.1, 0.15) is 22.6 Å². The highest BCUT2D eigenvalue weighted by Gasteiger charge is 2.14. The molecule has 0 amide bonds. The number of halogens is 2. The van der Waals surface area contributed by atoms with Crippen LogP contribution in [0, 0.1) is 23.0 Å². The molecule has 7 nitrogen and oxygen atoms in total. The Morgan fingerprint density at radius 3 is 2.55 bits per heavy atom. The van der Waals surface area contributed by atoms with Gasteiger partial charge in [0.05, 0.1) is 23.6 Å². The second kappa shape index (κ2) is 10.7. The van der Waals surface area contributed by atoms with Crippen molar-refractivity contribution in [2.45, 2.75) is 11.4 Å². The van der Waals surface area contributed by atoms with Crippen molar-refractivity contribution in [2.75, 3.05) is 13.7 Å². The third-order valence-electron chi connectivity index (χ3n) is 4.48. The van der Waals surface area contributed by atoms with Crippen LogP contribution in [0.4, 0.5) is 8.78 Å². The first-order valence-corrected chi connectivity index (χ1v) is 10.6. The van der Waals surface area contributed by atoms with Crippen LogP contribution in [0.15, 0.2) is 59.5 Å². The number of benzene rings is 3. The van der Waals surface area contributed by atoms with Gasteiger partial charge in [0, 0.05) is 12.1 Å². The van der Waals surface area contributed by atoms with Crippen LogP contribution in [-0.2, 0) is 22.3 Å². The summed E-state index contributed by atoms with van der Waals surface area (Å²) >= 11 is 0. The number of ether oxygens (including phenoxy) is 2. The van der Waals surface area contributed by atoms with Crippen LogP contribution in [0.2, 0.25) is 0 Å². The number of aliphatic carboxylic acids is 1. The van der Waals surface area contributed by atoms with Crippen LogP contribution in [0.1, 0.15) is 11.1 Å². The number of carboxylic acid groups (broad SMARTS) is 1. The molecule has 0 heterocycles. The molecular weight excluding hydrogens is 454 g/mol. The normalized spacial score (nSPS) is 11.5. The molecule has 0 aliphatic rings. The SMILES string of the molecule is COc1ccc(S(=O)NCc2ccc(OCC(=O)O)c(-c3cc(F)cc(C#N)c3)c2)cc1F. The molecule has 2 N–H and O–H groups in total. The molecule has 0 saturated carbocycles. The predicted octanol–water partition coefficient (Wildman–Crippen LogP) is 3.79. The van der Waals surface area contributed by atoms with E-state index in [0.29, 0.717) is 16.7 Å².